The molecule has 31 heavy (non-hydrogen) atoms. The number of sulfonamides is 1. The molecule has 2 fully saturated rings. The van der Waals surface area contributed by atoms with E-state index in [1.54, 1.807) is 10.6 Å². The highest BCUT2D eigenvalue weighted by atomic mass is 32.2. The molecule has 4 heterocycles. The highest BCUT2D eigenvalue weighted by molar-refractivity contribution is 7.90. The zero-order chi connectivity index (χ0) is 21.2. The number of hydrogen-bond acceptors (Lipinski definition) is 5. The highest BCUT2D eigenvalue weighted by Gasteiger charge is 2.53. The normalized spacial score (nSPS) is 18.8. The molecule has 2 aliphatic rings. The minimum Gasteiger partial charge on any atom is -0.346 e. The summed E-state index contributed by atoms with van der Waals surface area (Å²) < 4.78 is 29.1. The Balaban J connectivity index is 1.50. The molecule has 1 aliphatic heterocycles. The molecule has 0 atom stereocenters. The van der Waals surface area contributed by atoms with E-state index in [0.29, 0.717) is 13.1 Å². The van der Waals surface area contributed by atoms with E-state index < -0.39 is 15.6 Å². The van der Waals surface area contributed by atoms with Gasteiger partial charge in [-0.05, 0) is 25.0 Å². The number of aromatic amines is 1. The summed E-state index contributed by atoms with van der Waals surface area (Å²) in [4.78, 5) is 12.0. The number of benzene rings is 1. The van der Waals surface area contributed by atoms with Crippen molar-refractivity contribution in [2.24, 2.45) is 0 Å². The number of H-pyrrole nitrogens is 1. The van der Waals surface area contributed by atoms with Crippen molar-refractivity contribution >= 4 is 32.0 Å². The zero-order valence-electron chi connectivity index (χ0n) is 16.7. The predicted molar refractivity (Wildman–Crippen MR) is 117 cm³/mol. The number of hydrogen-bond donors (Lipinski definition) is 1. The van der Waals surface area contributed by atoms with Crippen LogP contribution in [0.5, 0.6) is 0 Å². The summed E-state index contributed by atoms with van der Waals surface area (Å²) in [6.45, 7) is 0.641. The van der Waals surface area contributed by atoms with Crippen LogP contribution in [0, 0.1) is 11.3 Å². The third-order valence-corrected chi connectivity index (χ3v) is 8.78. The lowest BCUT2D eigenvalue weighted by molar-refractivity contribution is 0.0890. The molecule has 1 saturated heterocycles. The van der Waals surface area contributed by atoms with Crippen molar-refractivity contribution < 1.29 is 8.42 Å². The Labute approximate surface area is 179 Å². The topological polar surface area (TPSA) is 108 Å². The Morgan fingerprint density at radius 2 is 1.97 bits per heavy atom. The molecule has 3 aromatic heterocycles. The fraction of sp³-hybridized carbons (Fsp3) is 0.318. The molecule has 1 saturated carbocycles. The van der Waals surface area contributed by atoms with Crippen LogP contribution in [0.1, 0.15) is 19.3 Å². The summed E-state index contributed by atoms with van der Waals surface area (Å²) in [6.07, 6.45) is 7.12. The summed E-state index contributed by atoms with van der Waals surface area (Å²) in [5, 5.41) is 11.3. The van der Waals surface area contributed by atoms with Crippen LogP contribution in [-0.2, 0) is 15.6 Å². The van der Waals surface area contributed by atoms with Crippen LogP contribution in [0.3, 0.4) is 0 Å². The molecule has 1 aromatic carbocycles. The molecule has 6 rings (SSSR count). The van der Waals surface area contributed by atoms with Gasteiger partial charge >= 0.3 is 0 Å². The van der Waals surface area contributed by atoms with Crippen LogP contribution >= 0.6 is 0 Å². The molecular weight excluding hydrogens is 412 g/mol. The molecule has 8 nitrogen and oxygen atoms in total. The molecule has 1 N–H and O–H groups in total. The molecule has 0 bridgehead atoms. The van der Waals surface area contributed by atoms with Crippen molar-refractivity contribution in [1.29, 1.82) is 5.26 Å². The first-order valence-electron chi connectivity index (χ1n) is 10.3. The van der Waals surface area contributed by atoms with Crippen LogP contribution in [0.25, 0.3) is 33.2 Å². The minimum absolute atomic E-state index is 0.241. The van der Waals surface area contributed by atoms with E-state index in [1.807, 2.05) is 42.7 Å². The van der Waals surface area contributed by atoms with E-state index in [9.17, 15) is 13.7 Å². The van der Waals surface area contributed by atoms with Gasteiger partial charge in [0.1, 0.15) is 12.0 Å². The number of nitriles is 1. The van der Waals surface area contributed by atoms with Gasteiger partial charge in [0.2, 0.25) is 10.0 Å². The van der Waals surface area contributed by atoms with Crippen molar-refractivity contribution in [1.82, 2.24) is 23.8 Å². The molecule has 9 heteroatoms. The number of para-hydroxylation sites is 1. The third kappa shape index (κ3) is 2.65. The first-order chi connectivity index (χ1) is 15.0. The summed E-state index contributed by atoms with van der Waals surface area (Å²) in [6, 6.07) is 12.2. The van der Waals surface area contributed by atoms with Gasteiger partial charge in [0.05, 0.1) is 29.0 Å². The lowest BCUT2D eigenvalue weighted by atomic mass is 9.88. The van der Waals surface area contributed by atoms with Gasteiger partial charge in [-0.15, -0.1) is 0 Å². The maximum Gasteiger partial charge on any atom is 0.217 e. The second kappa shape index (κ2) is 6.39. The van der Waals surface area contributed by atoms with Crippen LogP contribution in [0.4, 0.5) is 0 Å². The quantitative estimate of drug-likeness (QED) is 0.522. The molecule has 0 radical (unpaired) electrons. The first kappa shape index (κ1) is 18.5. The monoisotopic (exact) mass is 432 g/mol. The number of nitrogens with zero attached hydrogens (tertiary/aromatic N) is 5. The van der Waals surface area contributed by atoms with Gasteiger partial charge in [-0.1, -0.05) is 18.2 Å². The SMILES string of the molecule is N#CCC1(n2cc(-c3ncnc4[nH]ccc34)c3ccccc32)CN(S(=O)(=O)C2CC2)C1. The van der Waals surface area contributed by atoms with Crippen molar-refractivity contribution in [3.63, 3.8) is 0 Å². The Kier molecular flexibility index (Phi) is 3.82. The van der Waals surface area contributed by atoms with Gasteiger partial charge in [-0.2, -0.15) is 9.57 Å². The second-order valence-corrected chi connectivity index (χ2v) is 10.7. The lowest BCUT2D eigenvalue weighted by Gasteiger charge is -2.49. The van der Waals surface area contributed by atoms with Gasteiger partial charge in [0, 0.05) is 47.3 Å². The van der Waals surface area contributed by atoms with E-state index >= 15 is 0 Å². The molecular formula is C22H20N6O2S. The van der Waals surface area contributed by atoms with Gasteiger partial charge in [-0.25, -0.2) is 18.4 Å². The largest absolute Gasteiger partial charge is 0.346 e. The molecule has 156 valence electrons. The van der Waals surface area contributed by atoms with E-state index in [-0.39, 0.29) is 11.7 Å². The van der Waals surface area contributed by atoms with Crippen LogP contribution in [-0.4, -0.2) is 50.6 Å². The van der Waals surface area contributed by atoms with Gasteiger partial charge in [-0.3, -0.25) is 0 Å². The van der Waals surface area contributed by atoms with Crippen molar-refractivity contribution in [2.75, 3.05) is 13.1 Å². The van der Waals surface area contributed by atoms with Crippen LogP contribution in [0.2, 0.25) is 0 Å². The third-order valence-electron chi connectivity index (χ3n) is 6.49. The number of fused-ring (bicyclic) bond motifs is 2. The van der Waals surface area contributed by atoms with Crippen molar-refractivity contribution in [3.8, 4) is 17.3 Å². The smallest absolute Gasteiger partial charge is 0.217 e. The summed E-state index contributed by atoms with van der Waals surface area (Å²) in [5.74, 6) is 0. The van der Waals surface area contributed by atoms with Gasteiger partial charge in [0.25, 0.3) is 0 Å². The fourth-order valence-corrected chi connectivity index (χ4v) is 6.71. The van der Waals surface area contributed by atoms with Crippen molar-refractivity contribution in [2.45, 2.75) is 30.1 Å². The van der Waals surface area contributed by atoms with Gasteiger partial charge < -0.3 is 9.55 Å². The lowest BCUT2D eigenvalue weighted by Crippen LogP contribution is -2.64. The Morgan fingerprint density at radius 3 is 2.74 bits per heavy atom. The highest BCUT2D eigenvalue weighted by Crippen LogP contribution is 2.44. The van der Waals surface area contributed by atoms with Crippen LogP contribution < -0.4 is 0 Å². The average molecular weight is 433 g/mol. The standard InChI is InChI=1S/C22H20N6O2S/c23-9-8-22(12-27(13-22)31(29,30)15-5-6-15)28-11-18(16-3-1-2-4-19(16)28)20-17-7-10-24-21(17)26-14-25-20/h1-4,7,10-11,14-15H,5-6,8,12-13H2,(H,24,25,26). The van der Waals surface area contributed by atoms with E-state index in [0.717, 1.165) is 46.0 Å². The Bertz CT molecular complexity index is 1470. The number of rotatable bonds is 5. The van der Waals surface area contributed by atoms with Crippen LogP contribution in [0.15, 0.2) is 49.1 Å². The second-order valence-electron chi connectivity index (χ2n) is 8.46. The summed E-state index contributed by atoms with van der Waals surface area (Å²) in [7, 11) is -3.26. The number of nitrogens with one attached hydrogen (secondary N) is 1. The van der Waals surface area contributed by atoms with E-state index in [2.05, 4.69) is 25.6 Å². The molecule has 0 spiro atoms. The first-order valence-corrected chi connectivity index (χ1v) is 11.8. The maximum atomic E-state index is 12.7. The molecule has 0 amide bonds. The predicted octanol–water partition coefficient (Wildman–Crippen LogP) is 3.00. The molecule has 4 aromatic rings. The van der Waals surface area contributed by atoms with E-state index in [4.69, 9.17) is 0 Å². The van der Waals surface area contributed by atoms with E-state index in [1.165, 1.54) is 0 Å². The fourth-order valence-electron chi connectivity index (χ4n) is 4.71. The molecule has 1 aliphatic carbocycles. The Morgan fingerprint density at radius 1 is 1.16 bits per heavy atom. The Hall–Kier alpha value is -3.22. The summed E-state index contributed by atoms with van der Waals surface area (Å²) in [5.41, 5.74) is 2.91. The van der Waals surface area contributed by atoms with Crippen molar-refractivity contribution in [3.05, 3.63) is 49.1 Å². The van der Waals surface area contributed by atoms with Gasteiger partial charge in [0.15, 0.2) is 0 Å². The number of aromatic nitrogens is 4. The summed E-state index contributed by atoms with van der Waals surface area (Å²) >= 11 is 0. The minimum atomic E-state index is -3.26. The zero-order valence-corrected chi connectivity index (χ0v) is 17.5. The molecule has 0 unspecified atom stereocenters. The average Bonchev–Trinajstić information content (AvgIpc) is 3.39. The maximum absolute atomic E-state index is 12.7.